The van der Waals surface area contributed by atoms with Crippen LogP contribution < -0.4 is 0 Å². The normalized spacial score (nSPS) is 10.2. The molecule has 0 bridgehead atoms. The average Bonchev–Trinajstić information content (AvgIpc) is 2.33. The summed E-state index contributed by atoms with van der Waals surface area (Å²) < 4.78 is 13.8. The Bertz CT molecular complexity index is 586. The van der Waals surface area contributed by atoms with E-state index in [4.69, 9.17) is 16.7 Å². The summed E-state index contributed by atoms with van der Waals surface area (Å²) in [5.41, 5.74) is 0.136. The molecule has 17 heavy (non-hydrogen) atoms. The number of carbonyl (C=O) groups is 1. The molecule has 5 heteroatoms. The fourth-order valence-electron chi connectivity index (χ4n) is 1.50. The molecule has 0 spiro atoms. The van der Waals surface area contributed by atoms with Gasteiger partial charge in [-0.1, -0.05) is 29.8 Å². The monoisotopic (exact) mass is 251 g/mol. The topological polar surface area (TPSA) is 50.2 Å². The van der Waals surface area contributed by atoms with Gasteiger partial charge in [0.1, 0.15) is 5.82 Å². The number of pyridine rings is 1. The zero-order valence-corrected chi connectivity index (χ0v) is 9.28. The van der Waals surface area contributed by atoms with Gasteiger partial charge in [-0.25, -0.2) is 14.2 Å². The number of rotatable bonds is 2. The predicted molar refractivity (Wildman–Crippen MR) is 61.6 cm³/mol. The molecule has 0 unspecified atom stereocenters. The molecule has 1 aromatic carbocycles. The van der Waals surface area contributed by atoms with Crippen molar-refractivity contribution >= 4 is 17.6 Å². The first kappa shape index (κ1) is 11.5. The third-order valence-electron chi connectivity index (χ3n) is 2.25. The molecule has 1 aromatic heterocycles. The van der Waals surface area contributed by atoms with Gasteiger partial charge in [0, 0.05) is 17.3 Å². The van der Waals surface area contributed by atoms with Gasteiger partial charge in [-0.2, -0.15) is 0 Å². The van der Waals surface area contributed by atoms with E-state index >= 15 is 0 Å². The Hall–Kier alpha value is -1.94. The minimum atomic E-state index is -1.21. The molecular formula is C12H7ClFNO2. The van der Waals surface area contributed by atoms with E-state index in [1.165, 1.54) is 24.4 Å². The first-order valence-corrected chi connectivity index (χ1v) is 5.11. The molecule has 0 radical (unpaired) electrons. The first-order chi connectivity index (χ1) is 8.11. The van der Waals surface area contributed by atoms with E-state index in [2.05, 4.69) is 4.98 Å². The van der Waals surface area contributed by atoms with E-state index < -0.39 is 11.8 Å². The molecule has 0 amide bonds. The number of aromatic nitrogens is 1. The van der Waals surface area contributed by atoms with Crippen LogP contribution in [0.25, 0.3) is 11.1 Å². The van der Waals surface area contributed by atoms with Crippen molar-refractivity contribution < 1.29 is 14.3 Å². The van der Waals surface area contributed by atoms with Crippen molar-refractivity contribution in [1.29, 1.82) is 0 Å². The maximum atomic E-state index is 13.8. The van der Waals surface area contributed by atoms with Gasteiger partial charge in [0.05, 0.1) is 5.02 Å². The van der Waals surface area contributed by atoms with Crippen LogP contribution >= 0.6 is 11.6 Å². The van der Waals surface area contributed by atoms with E-state index in [0.29, 0.717) is 0 Å². The average molecular weight is 252 g/mol. The molecule has 2 aromatic rings. The highest BCUT2D eigenvalue weighted by Gasteiger charge is 2.16. The number of aromatic carboxylic acids is 1. The fraction of sp³-hybridized carbons (Fsp3) is 0. The van der Waals surface area contributed by atoms with E-state index in [-0.39, 0.29) is 21.8 Å². The summed E-state index contributed by atoms with van der Waals surface area (Å²) in [5, 5.41) is 8.92. The van der Waals surface area contributed by atoms with Gasteiger partial charge in [-0.15, -0.1) is 0 Å². The third kappa shape index (κ3) is 2.12. The third-order valence-corrected chi connectivity index (χ3v) is 2.54. The second-order valence-corrected chi connectivity index (χ2v) is 3.71. The maximum Gasteiger partial charge on any atom is 0.355 e. The van der Waals surface area contributed by atoms with Crippen LogP contribution in [0.15, 0.2) is 36.5 Å². The van der Waals surface area contributed by atoms with Crippen LogP contribution in [0, 0.1) is 5.82 Å². The number of nitrogens with zero attached hydrogens (tertiary/aromatic N) is 1. The largest absolute Gasteiger partial charge is 0.476 e. The van der Waals surface area contributed by atoms with Gasteiger partial charge >= 0.3 is 5.97 Å². The first-order valence-electron chi connectivity index (χ1n) is 4.74. The van der Waals surface area contributed by atoms with Crippen LogP contribution in [0.4, 0.5) is 4.39 Å². The number of halogens is 2. The van der Waals surface area contributed by atoms with Crippen molar-refractivity contribution in [3.63, 3.8) is 0 Å². The Balaban J connectivity index is 2.69. The van der Waals surface area contributed by atoms with Crippen LogP contribution in [-0.2, 0) is 0 Å². The zero-order chi connectivity index (χ0) is 12.4. The van der Waals surface area contributed by atoms with Gasteiger partial charge in [0.25, 0.3) is 0 Å². The molecule has 86 valence electrons. The summed E-state index contributed by atoms with van der Waals surface area (Å²) in [6, 6.07) is 7.45. The Morgan fingerprint density at radius 1 is 1.24 bits per heavy atom. The Labute approximate surface area is 101 Å². The van der Waals surface area contributed by atoms with Gasteiger partial charge in [0.2, 0.25) is 0 Å². The summed E-state index contributed by atoms with van der Waals surface area (Å²) in [4.78, 5) is 14.7. The molecule has 0 aliphatic carbocycles. The molecule has 0 aliphatic heterocycles. The van der Waals surface area contributed by atoms with Gasteiger partial charge in [0.15, 0.2) is 5.69 Å². The highest BCUT2D eigenvalue weighted by atomic mass is 35.5. The minimum absolute atomic E-state index is 0.0531. The maximum absolute atomic E-state index is 13.8. The van der Waals surface area contributed by atoms with Crippen LogP contribution in [0.1, 0.15) is 10.5 Å². The molecule has 2 rings (SSSR count). The second kappa shape index (κ2) is 4.51. The molecule has 0 atom stereocenters. The minimum Gasteiger partial charge on any atom is -0.476 e. The van der Waals surface area contributed by atoms with Crippen LogP contribution in [0.2, 0.25) is 5.02 Å². The standard InChI is InChI=1S/C12H7ClFNO2/c13-9-5-1-3-7(10(9)14)8-4-2-6-15-11(8)12(16)17/h1-6H,(H,16,17). The Morgan fingerprint density at radius 2 is 1.94 bits per heavy atom. The highest BCUT2D eigenvalue weighted by molar-refractivity contribution is 6.31. The van der Waals surface area contributed by atoms with Crippen LogP contribution in [-0.4, -0.2) is 16.1 Å². The number of carboxylic acids is 1. The Morgan fingerprint density at radius 3 is 2.65 bits per heavy atom. The molecule has 0 saturated carbocycles. The summed E-state index contributed by atoms with van der Waals surface area (Å²) >= 11 is 5.65. The lowest BCUT2D eigenvalue weighted by Gasteiger charge is -2.07. The van der Waals surface area contributed by atoms with E-state index in [0.717, 1.165) is 0 Å². The summed E-state index contributed by atoms with van der Waals surface area (Å²) in [6.45, 7) is 0. The van der Waals surface area contributed by atoms with Crippen LogP contribution in [0.3, 0.4) is 0 Å². The summed E-state index contributed by atoms with van der Waals surface area (Å²) in [5.74, 6) is -1.86. The Kier molecular flexibility index (Phi) is 3.06. The summed E-state index contributed by atoms with van der Waals surface area (Å²) in [6.07, 6.45) is 1.34. The SMILES string of the molecule is O=C(O)c1ncccc1-c1cccc(Cl)c1F. The zero-order valence-electron chi connectivity index (χ0n) is 8.52. The molecular weight excluding hydrogens is 245 g/mol. The van der Waals surface area contributed by atoms with Crippen molar-refractivity contribution in [2.24, 2.45) is 0 Å². The lowest BCUT2D eigenvalue weighted by atomic mass is 10.0. The smallest absolute Gasteiger partial charge is 0.355 e. The van der Waals surface area contributed by atoms with E-state index in [9.17, 15) is 9.18 Å². The van der Waals surface area contributed by atoms with E-state index in [1.54, 1.807) is 12.1 Å². The van der Waals surface area contributed by atoms with Crippen molar-refractivity contribution in [3.8, 4) is 11.1 Å². The summed E-state index contributed by atoms with van der Waals surface area (Å²) in [7, 11) is 0. The number of hydrogen-bond acceptors (Lipinski definition) is 2. The van der Waals surface area contributed by atoms with Gasteiger partial charge in [-0.3, -0.25) is 0 Å². The lowest BCUT2D eigenvalue weighted by molar-refractivity contribution is 0.0691. The van der Waals surface area contributed by atoms with Crippen LogP contribution in [0.5, 0.6) is 0 Å². The van der Waals surface area contributed by atoms with Gasteiger partial charge in [-0.05, 0) is 12.1 Å². The molecule has 0 fully saturated rings. The quantitative estimate of drug-likeness (QED) is 0.891. The van der Waals surface area contributed by atoms with Gasteiger partial charge < -0.3 is 5.11 Å². The fourth-order valence-corrected chi connectivity index (χ4v) is 1.68. The van der Waals surface area contributed by atoms with Crippen molar-refractivity contribution in [2.45, 2.75) is 0 Å². The van der Waals surface area contributed by atoms with Crippen molar-refractivity contribution in [3.05, 3.63) is 53.1 Å². The van der Waals surface area contributed by atoms with E-state index in [1.807, 2.05) is 0 Å². The highest BCUT2D eigenvalue weighted by Crippen LogP contribution is 2.29. The molecule has 0 saturated heterocycles. The lowest BCUT2D eigenvalue weighted by Crippen LogP contribution is -2.03. The van der Waals surface area contributed by atoms with Crippen molar-refractivity contribution in [2.75, 3.05) is 0 Å². The second-order valence-electron chi connectivity index (χ2n) is 3.31. The molecule has 0 aliphatic rings. The number of benzene rings is 1. The number of hydrogen-bond donors (Lipinski definition) is 1. The molecule has 3 nitrogen and oxygen atoms in total. The number of carboxylic acid groups (broad SMARTS) is 1. The predicted octanol–water partition coefficient (Wildman–Crippen LogP) is 3.24. The molecule has 1 N–H and O–H groups in total. The molecule has 1 heterocycles. The van der Waals surface area contributed by atoms with Crippen molar-refractivity contribution in [1.82, 2.24) is 4.98 Å².